The molecule has 2 heterocycles. The highest BCUT2D eigenvalue weighted by Gasteiger charge is 2.14. The number of rotatable bonds is 3. The molecule has 2 aromatic heterocycles. The zero-order valence-electron chi connectivity index (χ0n) is 10.7. The third-order valence-electron chi connectivity index (χ3n) is 3.44. The number of hydrogen-bond donors (Lipinski definition) is 3. The van der Waals surface area contributed by atoms with Gasteiger partial charge in [0.05, 0.1) is 23.9 Å². The average Bonchev–Trinajstić information content (AvgIpc) is 2.82. The molecule has 0 aliphatic rings. The fraction of sp³-hybridized carbons (Fsp3) is 0.267. The van der Waals surface area contributed by atoms with E-state index in [9.17, 15) is 5.11 Å². The van der Waals surface area contributed by atoms with Gasteiger partial charge in [-0.1, -0.05) is 18.2 Å². The molecule has 0 bridgehead atoms. The van der Waals surface area contributed by atoms with E-state index in [1.807, 2.05) is 31.3 Å². The zero-order chi connectivity index (χ0) is 13.4. The van der Waals surface area contributed by atoms with Gasteiger partial charge in [0.15, 0.2) is 0 Å². The first-order valence-electron chi connectivity index (χ1n) is 6.34. The first kappa shape index (κ1) is 12.1. The number of nitrogens with zero attached hydrogens (tertiary/aromatic N) is 1. The first-order chi connectivity index (χ1) is 9.20. The second-order valence-electron chi connectivity index (χ2n) is 4.85. The molecule has 0 aliphatic heterocycles. The largest absolute Gasteiger partial charge is 0.394 e. The number of para-hydroxylation sites is 1. The molecule has 4 heteroatoms. The van der Waals surface area contributed by atoms with Gasteiger partial charge >= 0.3 is 0 Å². The molecule has 0 fully saturated rings. The topological polar surface area (TPSA) is 69.1 Å². The van der Waals surface area contributed by atoms with Gasteiger partial charge in [-0.05, 0) is 18.6 Å². The van der Waals surface area contributed by atoms with Crippen LogP contribution in [0.4, 0.5) is 0 Å². The van der Waals surface area contributed by atoms with Crippen molar-refractivity contribution in [3.8, 4) is 0 Å². The van der Waals surface area contributed by atoms with Crippen LogP contribution in [0.2, 0.25) is 0 Å². The Balaban J connectivity index is 2.27. The molecule has 0 amide bonds. The Kier molecular flexibility index (Phi) is 2.97. The summed E-state index contributed by atoms with van der Waals surface area (Å²) in [7, 11) is 0. The van der Waals surface area contributed by atoms with Crippen molar-refractivity contribution in [2.75, 3.05) is 6.61 Å². The maximum absolute atomic E-state index is 9.61. The van der Waals surface area contributed by atoms with Crippen molar-refractivity contribution in [1.82, 2.24) is 9.97 Å². The lowest BCUT2D eigenvalue weighted by Gasteiger charge is -2.08. The van der Waals surface area contributed by atoms with E-state index in [2.05, 4.69) is 16.0 Å². The van der Waals surface area contributed by atoms with Crippen molar-refractivity contribution >= 4 is 21.8 Å². The maximum Gasteiger partial charge on any atom is 0.0827 e. The van der Waals surface area contributed by atoms with E-state index in [1.165, 1.54) is 0 Å². The Morgan fingerprint density at radius 1 is 1.32 bits per heavy atom. The van der Waals surface area contributed by atoms with E-state index in [-0.39, 0.29) is 6.61 Å². The standard InChI is InChI=1S/C15H16N2O2/c1-9-7-16-13(6-10(19)8-18)15-14(9)11-4-2-3-5-12(11)17-15/h2-5,7,10,17-19H,6,8H2,1H3. The number of fused-ring (bicyclic) bond motifs is 3. The van der Waals surface area contributed by atoms with Gasteiger partial charge in [-0.3, -0.25) is 4.98 Å². The quantitative estimate of drug-likeness (QED) is 0.670. The van der Waals surface area contributed by atoms with Gasteiger partial charge in [0, 0.05) is 28.9 Å². The lowest BCUT2D eigenvalue weighted by Crippen LogP contribution is -2.16. The van der Waals surface area contributed by atoms with E-state index in [1.54, 1.807) is 0 Å². The number of nitrogens with one attached hydrogen (secondary N) is 1. The summed E-state index contributed by atoms with van der Waals surface area (Å²) in [6.07, 6.45) is 1.40. The molecule has 3 rings (SSSR count). The number of aliphatic hydroxyl groups excluding tert-OH is 2. The molecule has 0 aliphatic carbocycles. The lowest BCUT2D eigenvalue weighted by molar-refractivity contribution is 0.0950. The third-order valence-corrected chi connectivity index (χ3v) is 3.44. The molecule has 4 nitrogen and oxygen atoms in total. The average molecular weight is 256 g/mol. The fourth-order valence-electron chi connectivity index (χ4n) is 2.51. The molecule has 3 N–H and O–H groups in total. The smallest absolute Gasteiger partial charge is 0.0827 e. The number of hydrogen-bond acceptors (Lipinski definition) is 3. The number of aryl methyl sites for hydroxylation is 1. The van der Waals surface area contributed by atoms with Crippen LogP contribution in [0.15, 0.2) is 30.5 Å². The van der Waals surface area contributed by atoms with Crippen LogP contribution in [0.1, 0.15) is 11.3 Å². The summed E-state index contributed by atoms with van der Waals surface area (Å²) >= 11 is 0. The van der Waals surface area contributed by atoms with Crippen LogP contribution in [0.25, 0.3) is 21.8 Å². The van der Waals surface area contributed by atoms with Crippen LogP contribution in [-0.4, -0.2) is 32.9 Å². The molecule has 1 unspecified atom stereocenters. The van der Waals surface area contributed by atoms with Gasteiger partial charge < -0.3 is 15.2 Å². The molecule has 0 radical (unpaired) electrons. The van der Waals surface area contributed by atoms with Gasteiger partial charge in [-0.25, -0.2) is 0 Å². The number of aliphatic hydroxyl groups is 2. The summed E-state index contributed by atoms with van der Waals surface area (Å²) in [5, 5.41) is 20.9. The summed E-state index contributed by atoms with van der Waals surface area (Å²) in [6.45, 7) is 1.78. The summed E-state index contributed by atoms with van der Waals surface area (Å²) < 4.78 is 0. The number of pyridine rings is 1. The van der Waals surface area contributed by atoms with E-state index in [0.29, 0.717) is 6.42 Å². The summed E-state index contributed by atoms with van der Waals surface area (Å²) in [6, 6.07) is 8.11. The first-order valence-corrected chi connectivity index (χ1v) is 6.34. The molecule has 19 heavy (non-hydrogen) atoms. The summed E-state index contributed by atoms with van der Waals surface area (Å²) in [4.78, 5) is 7.75. The van der Waals surface area contributed by atoms with E-state index in [0.717, 1.165) is 33.1 Å². The van der Waals surface area contributed by atoms with Gasteiger partial charge in [0.25, 0.3) is 0 Å². The SMILES string of the molecule is Cc1cnc(CC(O)CO)c2[nH]c3ccccc3c12. The highest BCUT2D eigenvalue weighted by atomic mass is 16.3. The minimum atomic E-state index is -0.773. The van der Waals surface area contributed by atoms with Crippen molar-refractivity contribution in [2.24, 2.45) is 0 Å². The minimum absolute atomic E-state index is 0.253. The molecule has 1 aromatic carbocycles. The van der Waals surface area contributed by atoms with Gasteiger partial charge in [0.2, 0.25) is 0 Å². The zero-order valence-corrected chi connectivity index (χ0v) is 10.7. The number of H-pyrrole nitrogens is 1. The van der Waals surface area contributed by atoms with Crippen LogP contribution in [0.3, 0.4) is 0 Å². The molecular weight excluding hydrogens is 240 g/mol. The van der Waals surface area contributed by atoms with Crippen molar-refractivity contribution in [1.29, 1.82) is 0 Å². The maximum atomic E-state index is 9.61. The second-order valence-corrected chi connectivity index (χ2v) is 4.85. The van der Waals surface area contributed by atoms with Crippen LogP contribution in [0.5, 0.6) is 0 Å². The molecular formula is C15H16N2O2. The van der Waals surface area contributed by atoms with E-state index < -0.39 is 6.10 Å². The second kappa shape index (κ2) is 4.64. The van der Waals surface area contributed by atoms with E-state index >= 15 is 0 Å². The predicted molar refractivity (Wildman–Crippen MR) is 75.1 cm³/mol. The van der Waals surface area contributed by atoms with Crippen molar-refractivity contribution in [3.05, 3.63) is 41.7 Å². The number of aromatic amines is 1. The summed E-state index contributed by atoms with van der Waals surface area (Å²) in [5.41, 5.74) is 3.91. The Morgan fingerprint density at radius 2 is 2.11 bits per heavy atom. The number of benzene rings is 1. The fourth-order valence-corrected chi connectivity index (χ4v) is 2.51. The Labute approximate surface area is 110 Å². The molecule has 0 saturated heterocycles. The summed E-state index contributed by atoms with van der Waals surface area (Å²) in [5.74, 6) is 0. The molecule has 3 aromatic rings. The van der Waals surface area contributed by atoms with Crippen LogP contribution in [0, 0.1) is 6.92 Å². The Hall–Kier alpha value is -1.91. The Bertz CT molecular complexity index is 733. The molecule has 0 saturated carbocycles. The lowest BCUT2D eigenvalue weighted by atomic mass is 10.1. The third kappa shape index (κ3) is 1.99. The molecule has 98 valence electrons. The normalized spacial score (nSPS) is 13.2. The van der Waals surface area contributed by atoms with Gasteiger partial charge in [0.1, 0.15) is 0 Å². The van der Waals surface area contributed by atoms with Crippen molar-refractivity contribution in [3.63, 3.8) is 0 Å². The van der Waals surface area contributed by atoms with Gasteiger partial charge in [-0.2, -0.15) is 0 Å². The van der Waals surface area contributed by atoms with Crippen molar-refractivity contribution in [2.45, 2.75) is 19.4 Å². The van der Waals surface area contributed by atoms with Crippen LogP contribution >= 0.6 is 0 Å². The highest BCUT2D eigenvalue weighted by molar-refractivity contribution is 6.09. The Morgan fingerprint density at radius 3 is 2.89 bits per heavy atom. The molecule has 1 atom stereocenters. The van der Waals surface area contributed by atoms with E-state index in [4.69, 9.17) is 5.11 Å². The highest BCUT2D eigenvalue weighted by Crippen LogP contribution is 2.29. The van der Waals surface area contributed by atoms with Crippen molar-refractivity contribution < 1.29 is 10.2 Å². The van der Waals surface area contributed by atoms with Gasteiger partial charge in [-0.15, -0.1) is 0 Å². The number of aromatic nitrogens is 2. The predicted octanol–water partition coefficient (Wildman–Crippen LogP) is 1.92. The molecule has 0 spiro atoms. The monoisotopic (exact) mass is 256 g/mol. The van der Waals surface area contributed by atoms with Crippen LogP contribution < -0.4 is 0 Å². The van der Waals surface area contributed by atoms with Crippen LogP contribution in [-0.2, 0) is 6.42 Å². The minimum Gasteiger partial charge on any atom is -0.394 e.